The molecule has 0 nitrogen and oxygen atoms in total. The summed E-state index contributed by atoms with van der Waals surface area (Å²) in [5.41, 5.74) is 19.3. The molecular weight excluding hydrogens is 757 g/mol. The smallest absolute Gasteiger partial charge is 0.0159 e. The van der Waals surface area contributed by atoms with Crippen LogP contribution in [0.2, 0.25) is 0 Å². The van der Waals surface area contributed by atoms with E-state index < -0.39 is 0 Å². The van der Waals surface area contributed by atoms with Crippen LogP contribution in [-0.2, 0) is 10.8 Å². The number of rotatable bonds is 5. The van der Waals surface area contributed by atoms with E-state index in [0.717, 1.165) is 0 Å². The fourth-order valence-corrected chi connectivity index (χ4v) is 10.5. The van der Waals surface area contributed by atoms with Gasteiger partial charge in [0.2, 0.25) is 0 Å². The predicted molar refractivity (Wildman–Crippen MR) is 271 cm³/mol. The van der Waals surface area contributed by atoms with Crippen molar-refractivity contribution in [2.24, 2.45) is 0 Å². The van der Waals surface area contributed by atoms with E-state index in [1.165, 1.54) is 127 Å². The maximum atomic E-state index is 2.44. The van der Waals surface area contributed by atoms with Gasteiger partial charge in [0.25, 0.3) is 0 Å². The molecule has 0 aliphatic heterocycles. The van der Waals surface area contributed by atoms with Crippen molar-refractivity contribution in [2.75, 3.05) is 0 Å². The summed E-state index contributed by atoms with van der Waals surface area (Å²) in [6.07, 6.45) is 0. The number of hydrogen-bond acceptors (Lipinski definition) is 0. The molecule has 0 saturated carbocycles. The number of fused-ring (bicyclic) bond motifs is 4. The van der Waals surface area contributed by atoms with Crippen LogP contribution in [0.15, 0.2) is 200 Å². The Hall–Kier alpha value is -7.28. The summed E-state index contributed by atoms with van der Waals surface area (Å²) in [5, 5.41) is 10.5. The lowest BCUT2D eigenvalue weighted by Crippen LogP contribution is -2.15. The van der Waals surface area contributed by atoms with Crippen LogP contribution in [0.25, 0.3) is 110 Å². The molecule has 0 heterocycles. The van der Waals surface area contributed by atoms with Gasteiger partial charge in [-0.15, -0.1) is 0 Å². The zero-order chi connectivity index (χ0) is 42.6. The summed E-state index contributed by atoms with van der Waals surface area (Å²) in [6, 6.07) is 75.4. The Morgan fingerprint density at radius 3 is 1.25 bits per heavy atom. The lowest BCUT2D eigenvalue weighted by molar-refractivity contribution is 0.591. The first kappa shape index (κ1) is 37.5. The molecule has 0 unspecified atom stereocenters. The van der Waals surface area contributed by atoms with E-state index in [9.17, 15) is 0 Å². The lowest BCUT2D eigenvalue weighted by Gasteiger charge is -2.23. The third-order valence-corrected chi connectivity index (χ3v) is 14.2. The second-order valence-electron chi connectivity index (χ2n) is 19.4. The van der Waals surface area contributed by atoms with Crippen LogP contribution < -0.4 is 0 Å². The maximum Gasteiger partial charge on any atom is 0.0159 e. The van der Waals surface area contributed by atoms with Crippen molar-refractivity contribution in [2.45, 2.75) is 45.4 Å². The van der Waals surface area contributed by atoms with E-state index in [1.54, 1.807) is 0 Å². The van der Waals surface area contributed by atoms with Crippen LogP contribution in [0.4, 0.5) is 0 Å². The van der Waals surface area contributed by atoms with Gasteiger partial charge in [0.05, 0.1) is 0 Å². The minimum absolute atomic E-state index is 0.101. The van der Waals surface area contributed by atoms with Crippen molar-refractivity contribution in [3.63, 3.8) is 0 Å². The Balaban J connectivity index is 0.803. The van der Waals surface area contributed by atoms with Gasteiger partial charge in [-0.2, -0.15) is 0 Å². The highest BCUT2D eigenvalue weighted by atomic mass is 14.4. The van der Waals surface area contributed by atoms with Crippen LogP contribution in [0.5, 0.6) is 0 Å². The molecular formula is C63H48. The van der Waals surface area contributed by atoms with Crippen molar-refractivity contribution in [1.29, 1.82) is 0 Å². The summed E-state index contributed by atoms with van der Waals surface area (Å²) in [4.78, 5) is 0. The van der Waals surface area contributed by atoms with Gasteiger partial charge in [-0.1, -0.05) is 217 Å². The zero-order valence-corrected chi connectivity index (χ0v) is 36.6. The second-order valence-corrected chi connectivity index (χ2v) is 19.4. The lowest BCUT2D eigenvalue weighted by atomic mass is 9.80. The Morgan fingerprint density at radius 2 is 0.698 bits per heavy atom. The summed E-state index contributed by atoms with van der Waals surface area (Å²) < 4.78 is 0. The Bertz CT molecular complexity index is 3560. The molecule has 0 N–H and O–H groups in total. The zero-order valence-electron chi connectivity index (χ0n) is 36.6. The van der Waals surface area contributed by atoms with E-state index in [4.69, 9.17) is 0 Å². The second kappa shape index (κ2) is 13.9. The minimum atomic E-state index is -0.126. The Kier molecular flexibility index (Phi) is 8.25. The Morgan fingerprint density at radius 1 is 0.302 bits per heavy atom. The predicted octanol–water partition coefficient (Wildman–Crippen LogP) is 17.7. The van der Waals surface area contributed by atoms with E-state index in [1.807, 2.05) is 0 Å². The molecule has 0 saturated heterocycles. The Labute approximate surface area is 370 Å². The highest BCUT2D eigenvalue weighted by molar-refractivity contribution is 6.25. The molecule has 0 bridgehead atoms. The molecule has 0 spiro atoms. The SMILES string of the molecule is CC(C)(C)c1cc2ccc3ccc(-c4ccc(-c5ccc6c(c5)C(C)(C)c5cc(-c7ccc(-c8ccc(-c9ccc%10ccccc%10c9)cc8)cc7)ccc5-6)cc4)c4ccc(c1)c2c34. The molecule has 12 rings (SSSR count). The molecule has 0 radical (unpaired) electrons. The molecule has 11 aromatic carbocycles. The molecule has 1 aliphatic carbocycles. The summed E-state index contributed by atoms with van der Waals surface area (Å²) >= 11 is 0. The maximum absolute atomic E-state index is 2.44. The third kappa shape index (κ3) is 6.11. The van der Waals surface area contributed by atoms with Gasteiger partial charge < -0.3 is 0 Å². The van der Waals surface area contributed by atoms with Gasteiger partial charge >= 0.3 is 0 Å². The molecule has 11 aromatic rings. The fourth-order valence-electron chi connectivity index (χ4n) is 10.5. The van der Waals surface area contributed by atoms with Crippen LogP contribution in [0.3, 0.4) is 0 Å². The summed E-state index contributed by atoms with van der Waals surface area (Å²) in [5.74, 6) is 0. The fraction of sp³-hybridized carbons (Fsp3) is 0.111. The normalized spacial score (nSPS) is 13.3. The monoisotopic (exact) mass is 804 g/mol. The molecule has 0 amide bonds. The largest absolute Gasteiger partial charge is 0.0616 e. The average Bonchev–Trinajstić information content (AvgIpc) is 3.54. The molecule has 0 atom stereocenters. The summed E-state index contributed by atoms with van der Waals surface area (Å²) in [7, 11) is 0. The number of benzene rings is 11. The number of hydrogen-bond donors (Lipinski definition) is 0. The van der Waals surface area contributed by atoms with Gasteiger partial charge in [0.1, 0.15) is 0 Å². The molecule has 300 valence electrons. The van der Waals surface area contributed by atoms with Gasteiger partial charge in [-0.3, -0.25) is 0 Å². The van der Waals surface area contributed by atoms with E-state index >= 15 is 0 Å². The summed E-state index contributed by atoms with van der Waals surface area (Å²) in [6.45, 7) is 11.7. The molecule has 63 heavy (non-hydrogen) atoms. The van der Waals surface area contributed by atoms with Crippen molar-refractivity contribution in [3.8, 4) is 66.8 Å². The van der Waals surface area contributed by atoms with Crippen LogP contribution in [0.1, 0.15) is 51.3 Å². The highest BCUT2D eigenvalue weighted by Gasteiger charge is 2.36. The van der Waals surface area contributed by atoms with E-state index in [2.05, 4.69) is 235 Å². The van der Waals surface area contributed by atoms with Gasteiger partial charge in [-0.25, -0.2) is 0 Å². The molecule has 0 heteroatoms. The van der Waals surface area contributed by atoms with Crippen LogP contribution >= 0.6 is 0 Å². The van der Waals surface area contributed by atoms with Crippen molar-refractivity contribution < 1.29 is 0 Å². The van der Waals surface area contributed by atoms with Gasteiger partial charge in [0, 0.05) is 5.41 Å². The molecule has 0 fully saturated rings. The van der Waals surface area contributed by atoms with Crippen molar-refractivity contribution >= 4 is 43.1 Å². The van der Waals surface area contributed by atoms with E-state index in [-0.39, 0.29) is 10.8 Å². The first-order valence-corrected chi connectivity index (χ1v) is 22.4. The topological polar surface area (TPSA) is 0 Å². The third-order valence-electron chi connectivity index (χ3n) is 14.2. The standard InChI is InChI=1S/C63H48/c1-62(2,3)53-35-51-25-23-46-26-30-54(57-33-29-52(36-53)60(51)61(46)57)45-21-18-44(19-22-45)50-28-32-56-55-31-27-49(37-58(55)63(4,5)59(56)38-50)43-16-12-41(13-17-43)40-10-14-42(15-11-40)48-24-20-39-8-6-7-9-47(39)34-48/h6-38H,1-5H3. The van der Waals surface area contributed by atoms with Crippen LogP contribution in [0, 0.1) is 0 Å². The average molecular weight is 805 g/mol. The first-order chi connectivity index (χ1) is 30.6. The van der Waals surface area contributed by atoms with Crippen molar-refractivity contribution in [3.05, 3.63) is 217 Å². The first-order valence-electron chi connectivity index (χ1n) is 22.4. The molecule has 1 aliphatic rings. The van der Waals surface area contributed by atoms with Crippen LogP contribution in [-0.4, -0.2) is 0 Å². The van der Waals surface area contributed by atoms with Gasteiger partial charge in [-0.05, 0) is 150 Å². The molecule has 0 aromatic heterocycles. The minimum Gasteiger partial charge on any atom is -0.0616 e. The van der Waals surface area contributed by atoms with Crippen molar-refractivity contribution in [1.82, 2.24) is 0 Å². The quantitative estimate of drug-likeness (QED) is 0.152. The highest BCUT2D eigenvalue weighted by Crippen LogP contribution is 2.51. The van der Waals surface area contributed by atoms with Gasteiger partial charge in [0.15, 0.2) is 0 Å². The van der Waals surface area contributed by atoms with E-state index in [0.29, 0.717) is 0 Å².